The highest BCUT2D eigenvalue weighted by atomic mass is 32.2. The van der Waals surface area contributed by atoms with Gasteiger partial charge in [0.15, 0.2) is 15.8 Å². The lowest BCUT2D eigenvalue weighted by Crippen LogP contribution is -2.27. The number of thioether (sulfide) groups is 1. The molecule has 0 saturated carbocycles. The van der Waals surface area contributed by atoms with Crippen molar-refractivity contribution in [2.45, 2.75) is 20.0 Å². The van der Waals surface area contributed by atoms with Gasteiger partial charge in [-0.3, -0.25) is 9.69 Å². The van der Waals surface area contributed by atoms with Crippen LogP contribution < -0.4 is 14.4 Å². The minimum absolute atomic E-state index is 0.135. The maximum Gasteiger partial charge on any atom is 0.270 e. The summed E-state index contributed by atoms with van der Waals surface area (Å²) in [6.07, 6.45) is 4.31. The first-order chi connectivity index (χ1) is 18.6. The van der Waals surface area contributed by atoms with Crippen molar-refractivity contribution in [1.82, 2.24) is 0 Å². The third-order valence-electron chi connectivity index (χ3n) is 6.14. The minimum atomic E-state index is -0.135. The highest BCUT2D eigenvalue weighted by Gasteiger charge is 2.34. The molecule has 38 heavy (non-hydrogen) atoms. The molecule has 0 aliphatic carbocycles. The molecule has 4 aromatic rings. The van der Waals surface area contributed by atoms with Crippen LogP contribution in [0.4, 0.5) is 5.69 Å². The number of thiocarbonyl (C=S) groups is 1. The van der Waals surface area contributed by atoms with E-state index in [4.69, 9.17) is 21.7 Å². The molecule has 0 bridgehead atoms. The molecule has 6 heteroatoms. The predicted molar refractivity (Wildman–Crippen MR) is 162 cm³/mol. The second-order valence-electron chi connectivity index (χ2n) is 8.72. The number of benzene rings is 4. The molecule has 1 amide bonds. The first kappa shape index (κ1) is 25.8. The van der Waals surface area contributed by atoms with E-state index in [0.29, 0.717) is 40.4 Å². The van der Waals surface area contributed by atoms with Gasteiger partial charge in [0.05, 0.1) is 17.2 Å². The smallest absolute Gasteiger partial charge is 0.270 e. The molecule has 0 radical (unpaired) electrons. The molecular weight excluding hydrogens is 510 g/mol. The summed E-state index contributed by atoms with van der Waals surface area (Å²) in [5.41, 5.74) is 3.65. The Kier molecular flexibility index (Phi) is 7.91. The van der Waals surface area contributed by atoms with Crippen LogP contribution in [-0.2, 0) is 17.8 Å². The highest BCUT2D eigenvalue weighted by molar-refractivity contribution is 8.27. The van der Waals surface area contributed by atoms with Crippen molar-refractivity contribution in [3.8, 4) is 11.5 Å². The molecule has 5 rings (SSSR count). The molecule has 1 heterocycles. The van der Waals surface area contributed by atoms with Gasteiger partial charge in [0.2, 0.25) is 0 Å². The van der Waals surface area contributed by atoms with Gasteiger partial charge < -0.3 is 9.47 Å². The second kappa shape index (κ2) is 11.7. The van der Waals surface area contributed by atoms with Crippen LogP contribution in [0.25, 0.3) is 16.8 Å². The maximum absolute atomic E-state index is 13.6. The Labute approximate surface area is 232 Å². The van der Waals surface area contributed by atoms with Crippen LogP contribution in [0, 0.1) is 0 Å². The van der Waals surface area contributed by atoms with Crippen molar-refractivity contribution >= 4 is 56.7 Å². The van der Waals surface area contributed by atoms with Crippen molar-refractivity contribution in [2.75, 3.05) is 11.5 Å². The van der Waals surface area contributed by atoms with Gasteiger partial charge in [0.1, 0.15) is 6.61 Å². The number of anilines is 1. The number of carbonyl (C=O) groups is 1. The SMILES string of the molecule is C=CCc1cc(/C=C2/SC(=S)N(c3cccc4ccccc34)C2=O)cc(OCC)c1OCc1ccccc1. The van der Waals surface area contributed by atoms with Crippen molar-refractivity contribution in [1.29, 1.82) is 0 Å². The molecule has 0 N–H and O–H groups in total. The van der Waals surface area contributed by atoms with E-state index in [-0.39, 0.29) is 5.91 Å². The van der Waals surface area contributed by atoms with E-state index in [0.717, 1.165) is 33.2 Å². The molecule has 4 aromatic carbocycles. The number of fused-ring (bicyclic) bond motifs is 1. The quantitative estimate of drug-likeness (QED) is 0.123. The van der Waals surface area contributed by atoms with Crippen molar-refractivity contribution in [3.63, 3.8) is 0 Å². The Bertz CT molecular complexity index is 1540. The summed E-state index contributed by atoms with van der Waals surface area (Å²) in [6.45, 7) is 6.77. The Morgan fingerprint density at radius 3 is 2.53 bits per heavy atom. The molecule has 0 atom stereocenters. The summed E-state index contributed by atoms with van der Waals surface area (Å²) in [5, 5.41) is 2.05. The molecular formula is C32H27NO3S2. The zero-order valence-electron chi connectivity index (χ0n) is 21.1. The van der Waals surface area contributed by atoms with Gasteiger partial charge in [-0.2, -0.15) is 0 Å². The molecule has 0 spiro atoms. The number of nitrogens with zero attached hydrogens (tertiary/aromatic N) is 1. The van der Waals surface area contributed by atoms with Crippen molar-refractivity contribution in [2.24, 2.45) is 0 Å². The lowest BCUT2D eigenvalue weighted by atomic mass is 10.0. The average Bonchev–Trinajstić information content (AvgIpc) is 3.20. The van der Waals surface area contributed by atoms with Gasteiger partial charge in [-0.05, 0) is 54.1 Å². The lowest BCUT2D eigenvalue weighted by Gasteiger charge is -2.17. The van der Waals surface area contributed by atoms with E-state index in [2.05, 4.69) is 6.58 Å². The van der Waals surface area contributed by atoms with Crippen LogP contribution in [0.15, 0.2) is 102 Å². The Morgan fingerprint density at radius 1 is 0.974 bits per heavy atom. The van der Waals surface area contributed by atoms with Crippen LogP contribution in [-0.4, -0.2) is 16.8 Å². The Morgan fingerprint density at radius 2 is 1.74 bits per heavy atom. The first-order valence-corrected chi connectivity index (χ1v) is 13.6. The normalized spacial score (nSPS) is 14.3. The predicted octanol–water partition coefficient (Wildman–Crippen LogP) is 7.95. The molecule has 0 unspecified atom stereocenters. The number of carbonyl (C=O) groups excluding carboxylic acids is 1. The topological polar surface area (TPSA) is 38.8 Å². The summed E-state index contributed by atoms with van der Waals surface area (Å²) in [4.78, 5) is 15.8. The molecule has 0 aromatic heterocycles. The third kappa shape index (κ3) is 5.37. The fourth-order valence-electron chi connectivity index (χ4n) is 4.46. The molecule has 4 nitrogen and oxygen atoms in total. The van der Waals surface area contributed by atoms with E-state index in [1.165, 1.54) is 11.8 Å². The second-order valence-corrected chi connectivity index (χ2v) is 10.4. The van der Waals surface area contributed by atoms with Crippen LogP contribution in [0.3, 0.4) is 0 Å². The molecule has 1 saturated heterocycles. The van der Waals surface area contributed by atoms with Crippen LogP contribution >= 0.6 is 24.0 Å². The van der Waals surface area contributed by atoms with Crippen molar-refractivity contribution < 1.29 is 14.3 Å². The standard InChI is InChI=1S/C32H27NO3S2/c1-3-11-25-18-23(19-28(35-4-2)30(25)36-21-22-12-6-5-7-13-22)20-29-31(34)33(32(37)38-29)27-17-10-15-24-14-8-9-16-26(24)27/h3,5-10,12-20H,1,4,11,21H2,2H3/b29-20+. The molecule has 1 fully saturated rings. The number of amides is 1. The number of allylic oxidation sites excluding steroid dienone is 1. The fourth-order valence-corrected chi connectivity index (χ4v) is 5.75. The lowest BCUT2D eigenvalue weighted by molar-refractivity contribution is -0.113. The number of hydrogen-bond acceptors (Lipinski definition) is 5. The number of rotatable bonds is 9. The van der Waals surface area contributed by atoms with Gasteiger partial charge in [0.25, 0.3) is 5.91 Å². The largest absolute Gasteiger partial charge is 0.490 e. The van der Waals surface area contributed by atoms with Crippen LogP contribution in [0.2, 0.25) is 0 Å². The molecule has 1 aliphatic heterocycles. The highest BCUT2D eigenvalue weighted by Crippen LogP contribution is 2.40. The zero-order valence-corrected chi connectivity index (χ0v) is 22.7. The van der Waals surface area contributed by atoms with E-state index in [9.17, 15) is 4.79 Å². The number of ether oxygens (including phenoxy) is 2. The summed E-state index contributed by atoms with van der Waals surface area (Å²) in [7, 11) is 0. The van der Waals surface area contributed by atoms with Gasteiger partial charge >= 0.3 is 0 Å². The molecule has 1 aliphatic rings. The first-order valence-electron chi connectivity index (χ1n) is 12.4. The maximum atomic E-state index is 13.6. The van der Waals surface area contributed by atoms with Crippen molar-refractivity contribution in [3.05, 3.63) is 119 Å². The Hall–Kier alpha value is -3.87. The summed E-state index contributed by atoms with van der Waals surface area (Å²) >= 11 is 6.97. The van der Waals surface area contributed by atoms with E-state index < -0.39 is 0 Å². The van der Waals surface area contributed by atoms with Crippen LogP contribution in [0.1, 0.15) is 23.6 Å². The monoisotopic (exact) mass is 537 g/mol. The summed E-state index contributed by atoms with van der Waals surface area (Å²) < 4.78 is 12.7. The minimum Gasteiger partial charge on any atom is -0.490 e. The average molecular weight is 538 g/mol. The summed E-state index contributed by atoms with van der Waals surface area (Å²) in [6, 6.07) is 27.9. The van der Waals surface area contributed by atoms with Gasteiger partial charge in [-0.1, -0.05) is 96.8 Å². The zero-order chi connectivity index (χ0) is 26.5. The van der Waals surface area contributed by atoms with Gasteiger partial charge in [-0.15, -0.1) is 6.58 Å². The van der Waals surface area contributed by atoms with E-state index in [1.807, 2.05) is 104 Å². The van der Waals surface area contributed by atoms with Crippen LogP contribution in [0.5, 0.6) is 11.5 Å². The third-order valence-corrected chi connectivity index (χ3v) is 7.45. The summed E-state index contributed by atoms with van der Waals surface area (Å²) in [5.74, 6) is 1.19. The van der Waals surface area contributed by atoms with E-state index >= 15 is 0 Å². The van der Waals surface area contributed by atoms with Gasteiger partial charge in [-0.25, -0.2) is 0 Å². The van der Waals surface area contributed by atoms with E-state index in [1.54, 1.807) is 4.90 Å². The Balaban J connectivity index is 1.49. The molecule has 190 valence electrons. The van der Waals surface area contributed by atoms with Gasteiger partial charge in [0, 0.05) is 10.9 Å². The fraction of sp³-hybridized carbons (Fsp3) is 0.125. The number of hydrogen-bond donors (Lipinski definition) is 0.